The Balaban J connectivity index is 1.87. The molecule has 0 aliphatic rings. The zero-order valence-corrected chi connectivity index (χ0v) is 15.2. The molecule has 0 saturated carbocycles. The van der Waals surface area contributed by atoms with E-state index in [1.807, 2.05) is 31.2 Å². The number of carbonyl (C=O) groups excluding carboxylic acids is 1. The van der Waals surface area contributed by atoms with Gasteiger partial charge < -0.3 is 10.6 Å². The van der Waals surface area contributed by atoms with Crippen LogP contribution >= 0.6 is 11.6 Å². The van der Waals surface area contributed by atoms with Crippen LogP contribution in [-0.2, 0) is 4.79 Å². The fourth-order valence-corrected chi connectivity index (χ4v) is 2.71. The minimum Gasteiger partial charge on any atom is -0.348 e. The first kappa shape index (κ1) is 18.5. The normalized spacial score (nSPS) is 13.3. The first-order valence-corrected chi connectivity index (χ1v) is 8.72. The number of aryl methyl sites for hydroxylation is 1. The van der Waals surface area contributed by atoms with Crippen molar-refractivity contribution in [1.29, 1.82) is 0 Å². The van der Waals surface area contributed by atoms with Crippen molar-refractivity contribution in [2.24, 2.45) is 0 Å². The Labute approximate surface area is 149 Å². The zero-order valence-electron chi connectivity index (χ0n) is 14.5. The van der Waals surface area contributed by atoms with Gasteiger partial charge in [0.2, 0.25) is 5.91 Å². The molecule has 0 unspecified atom stereocenters. The molecule has 3 nitrogen and oxygen atoms in total. The van der Waals surface area contributed by atoms with Crippen LogP contribution in [-0.4, -0.2) is 12.5 Å². The van der Waals surface area contributed by atoms with Crippen molar-refractivity contribution in [3.05, 3.63) is 70.2 Å². The minimum absolute atomic E-state index is 0.00300. The molecule has 2 aromatic carbocycles. The maximum absolute atomic E-state index is 12.2. The second kappa shape index (κ2) is 8.86. The lowest BCUT2D eigenvalue weighted by Crippen LogP contribution is -2.37. The quantitative estimate of drug-likeness (QED) is 0.772. The molecule has 0 aliphatic carbocycles. The van der Waals surface area contributed by atoms with Crippen LogP contribution in [0.3, 0.4) is 0 Å². The Kier molecular flexibility index (Phi) is 6.83. The van der Waals surface area contributed by atoms with Gasteiger partial charge in [0.25, 0.3) is 0 Å². The fourth-order valence-electron chi connectivity index (χ4n) is 2.58. The number of rotatable bonds is 7. The number of carbonyl (C=O) groups is 1. The molecular weight excluding hydrogens is 320 g/mol. The van der Waals surface area contributed by atoms with Gasteiger partial charge in [0, 0.05) is 11.1 Å². The van der Waals surface area contributed by atoms with E-state index in [2.05, 4.69) is 48.7 Å². The van der Waals surface area contributed by atoms with E-state index < -0.39 is 0 Å². The molecular formula is C20H25ClN2O. The smallest absolute Gasteiger partial charge is 0.234 e. The fraction of sp³-hybridized carbons (Fsp3) is 0.350. The maximum atomic E-state index is 12.2. The summed E-state index contributed by atoms with van der Waals surface area (Å²) < 4.78 is 0. The molecule has 2 aromatic rings. The predicted molar refractivity (Wildman–Crippen MR) is 100 cm³/mol. The van der Waals surface area contributed by atoms with Gasteiger partial charge in [-0.25, -0.2) is 0 Å². The van der Waals surface area contributed by atoms with Crippen LogP contribution in [0, 0.1) is 6.92 Å². The third-order valence-corrected chi connectivity index (χ3v) is 4.41. The SMILES string of the molecule is CC[C@H](NC(=O)CN[C@@H](C)c1ccc(Cl)cc1)c1ccc(C)cc1. The van der Waals surface area contributed by atoms with Crippen molar-refractivity contribution in [3.8, 4) is 0 Å². The molecule has 0 bridgehead atoms. The van der Waals surface area contributed by atoms with Crippen LogP contribution in [0.25, 0.3) is 0 Å². The lowest BCUT2D eigenvalue weighted by atomic mass is 10.0. The molecule has 0 aromatic heterocycles. The molecule has 0 radical (unpaired) electrons. The number of hydrogen-bond acceptors (Lipinski definition) is 2. The summed E-state index contributed by atoms with van der Waals surface area (Å²) in [5.41, 5.74) is 3.47. The average Bonchev–Trinajstić information content (AvgIpc) is 2.59. The molecule has 1 amide bonds. The molecule has 2 N–H and O–H groups in total. The largest absolute Gasteiger partial charge is 0.348 e. The van der Waals surface area contributed by atoms with E-state index in [1.165, 1.54) is 5.56 Å². The lowest BCUT2D eigenvalue weighted by Gasteiger charge is -2.19. The molecule has 0 saturated heterocycles. The summed E-state index contributed by atoms with van der Waals surface area (Å²) in [4.78, 5) is 12.2. The van der Waals surface area contributed by atoms with Gasteiger partial charge in [-0.1, -0.05) is 60.5 Å². The highest BCUT2D eigenvalue weighted by molar-refractivity contribution is 6.30. The molecule has 0 aliphatic heterocycles. The molecule has 4 heteroatoms. The summed E-state index contributed by atoms with van der Waals surface area (Å²) in [6.07, 6.45) is 0.863. The average molecular weight is 345 g/mol. The molecule has 2 rings (SSSR count). The van der Waals surface area contributed by atoms with Crippen molar-refractivity contribution in [2.45, 2.75) is 39.3 Å². The van der Waals surface area contributed by atoms with Crippen molar-refractivity contribution in [2.75, 3.05) is 6.54 Å². The van der Waals surface area contributed by atoms with Crippen LogP contribution in [0.4, 0.5) is 0 Å². The van der Waals surface area contributed by atoms with Gasteiger partial charge >= 0.3 is 0 Å². The topological polar surface area (TPSA) is 41.1 Å². The van der Waals surface area contributed by atoms with E-state index >= 15 is 0 Å². The van der Waals surface area contributed by atoms with Gasteiger partial charge in [-0.2, -0.15) is 0 Å². The van der Waals surface area contributed by atoms with E-state index in [1.54, 1.807) is 0 Å². The molecule has 0 heterocycles. The van der Waals surface area contributed by atoms with Gasteiger partial charge in [-0.3, -0.25) is 4.79 Å². The van der Waals surface area contributed by atoms with E-state index in [0.717, 1.165) is 17.5 Å². The third-order valence-electron chi connectivity index (χ3n) is 4.16. The molecule has 0 spiro atoms. The van der Waals surface area contributed by atoms with E-state index in [4.69, 9.17) is 11.6 Å². The molecule has 2 atom stereocenters. The highest BCUT2D eigenvalue weighted by atomic mass is 35.5. The van der Waals surface area contributed by atoms with E-state index in [9.17, 15) is 4.79 Å². The van der Waals surface area contributed by atoms with Gasteiger partial charge in [-0.15, -0.1) is 0 Å². The Bertz CT molecular complexity index is 652. The van der Waals surface area contributed by atoms with Gasteiger partial charge in [0.15, 0.2) is 0 Å². The highest BCUT2D eigenvalue weighted by Crippen LogP contribution is 2.18. The Morgan fingerprint density at radius 1 is 1.04 bits per heavy atom. The van der Waals surface area contributed by atoms with Crippen molar-refractivity contribution in [3.63, 3.8) is 0 Å². The lowest BCUT2D eigenvalue weighted by molar-refractivity contribution is -0.121. The first-order chi connectivity index (χ1) is 11.5. The molecule has 0 fully saturated rings. The standard InChI is InChI=1S/C20H25ClN2O/c1-4-19(17-7-5-14(2)6-8-17)23-20(24)13-22-15(3)16-9-11-18(21)12-10-16/h5-12,15,19,22H,4,13H2,1-3H3,(H,23,24)/t15-,19-/m0/s1. The summed E-state index contributed by atoms with van der Waals surface area (Å²) >= 11 is 5.90. The van der Waals surface area contributed by atoms with E-state index in [0.29, 0.717) is 5.02 Å². The number of hydrogen-bond donors (Lipinski definition) is 2. The second-order valence-electron chi connectivity index (χ2n) is 6.09. The Morgan fingerprint density at radius 2 is 1.62 bits per heavy atom. The van der Waals surface area contributed by atoms with Gasteiger partial charge in [0.05, 0.1) is 12.6 Å². The van der Waals surface area contributed by atoms with Crippen molar-refractivity contribution in [1.82, 2.24) is 10.6 Å². The van der Waals surface area contributed by atoms with Crippen LogP contribution in [0.15, 0.2) is 48.5 Å². The third kappa shape index (κ3) is 5.36. The summed E-state index contributed by atoms with van der Waals surface area (Å²) in [6, 6.07) is 16.1. The summed E-state index contributed by atoms with van der Waals surface area (Å²) in [5, 5.41) is 7.06. The van der Waals surface area contributed by atoms with Crippen LogP contribution in [0.1, 0.15) is 49.0 Å². The summed E-state index contributed by atoms with van der Waals surface area (Å²) in [7, 11) is 0. The number of benzene rings is 2. The summed E-state index contributed by atoms with van der Waals surface area (Å²) in [5.74, 6) is 0.00300. The Hall–Kier alpha value is -1.84. The van der Waals surface area contributed by atoms with Crippen LogP contribution in [0.2, 0.25) is 5.02 Å². The molecule has 128 valence electrons. The van der Waals surface area contributed by atoms with Gasteiger partial charge in [0.1, 0.15) is 0 Å². The van der Waals surface area contributed by atoms with Crippen molar-refractivity contribution < 1.29 is 4.79 Å². The zero-order chi connectivity index (χ0) is 17.5. The van der Waals surface area contributed by atoms with Gasteiger partial charge in [-0.05, 0) is 43.5 Å². The summed E-state index contributed by atoms with van der Waals surface area (Å²) in [6.45, 7) is 6.46. The highest BCUT2D eigenvalue weighted by Gasteiger charge is 2.13. The van der Waals surface area contributed by atoms with Crippen molar-refractivity contribution >= 4 is 17.5 Å². The Morgan fingerprint density at radius 3 is 2.21 bits per heavy atom. The van der Waals surface area contributed by atoms with E-state index in [-0.39, 0.29) is 24.5 Å². The number of nitrogens with one attached hydrogen (secondary N) is 2. The molecule has 24 heavy (non-hydrogen) atoms. The second-order valence-corrected chi connectivity index (χ2v) is 6.53. The number of amides is 1. The maximum Gasteiger partial charge on any atom is 0.234 e. The minimum atomic E-state index is 0.00300. The number of halogens is 1. The van der Waals surface area contributed by atoms with Crippen LogP contribution < -0.4 is 10.6 Å². The monoisotopic (exact) mass is 344 g/mol. The van der Waals surface area contributed by atoms with Crippen LogP contribution in [0.5, 0.6) is 0 Å². The predicted octanol–water partition coefficient (Wildman–Crippen LogP) is 4.57. The first-order valence-electron chi connectivity index (χ1n) is 8.34.